The molecule has 0 radical (unpaired) electrons. The number of carbonyl (C=O) groups excluding carboxylic acids is 1. The molecule has 4 aromatic rings. The van der Waals surface area contributed by atoms with Gasteiger partial charge in [0.05, 0.1) is 15.9 Å². The first kappa shape index (κ1) is 27.7. The number of aromatic nitrogens is 2. The Bertz CT molecular complexity index is 1510. The second-order valence-electron chi connectivity index (χ2n) is 9.52. The van der Waals surface area contributed by atoms with E-state index in [-0.39, 0.29) is 10.9 Å². The number of nitrogens with zero attached hydrogens (tertiary/aromatic N) is 2. The number of nitrogens with one attached hydrogen (secondary N) is 2. The van der Waals surface area contributed by atoms with Gasteiger partial charge in [0.25, 0.3) is 10.0 Å². The summed E-state index contributed by atoms with van der Waals surface area (Å²) in [5.74, 6) is 0. The van der Waals surface area contributed by atoms with Crippen LogP contribution in [0.3, 0.4) is 0 Å². The molecule has 9 heteroatoms. The average Bonchev–Trinajstić information content (AvgIpc) is 3.29. The lowest BCUT2D eigenvalue weighted by Crippen LogP contribution is -2.45. The van der Waals surface area contributed by atoms with Crippen LogP contribution in [0.25, 0.3) is 16.7 Å². The maximum atomic E-state index is 12.5. The van der Waals surface area contributed by atoms with Crippen LogP contribution in [0.1, 0.15) is 49.8 Å². The maximum absolute atomic E-state index is 12.5. The predicted molar refractivity (Wildman–Crippen MR) is 153 cm³/mol. The van der Waals surface area contributed by atoms with Crippen LogP contribution in [0, 0.1) is 6.92 Å². The minimum absolute atomic E-state index is 0.0485. The fourth-order valence-corrected chi connectivity index (χ4v) is 5.49. The average molecular weight is 553 g/mol. The van der Waals surface area contributed by atoms with E-state index in [1.807, 2.05) is 48.7 Å². The molecule has 0 fully saturated rings. The molecule has 3 aromatic carbocycles. The van der Waals surface area contributed by atoms with Gasteiger partial charge in [-0.25, -0.2) is 22.9 Å². The Morgan fingerprint density at radius 1 is 1.05 bits per heavy atom. The first-order valence-corrected chi connectivity index (χ1v) is 14.7. The molecule has 2 N–H and O–H groups in total. The Morgan fingerprint density at radius 3 is 2.42 bits per heavy atom. The van der Waals surface area contributed by atoms with Crippen molar-refractivity contribution in [3.05, 3.63) is 88.7 Å². The Balaban J connectivity index is 1.42. The van der Waals surface area contributed by atoms with Crippen LogP contribution in [-0.4, -0.2) is 30.0 Å². The summed E-state index contributed by atoms with van der Waals surface area (Å²) in [5, 5.41) is 3.54. The van der Waals surface area contributed by atoms with Crippen molar-refractivity contribution in [3.8, 4) is 5.69 Å². The van der Waals surface area contributed by atoms with Crippen molar-refractivity contribution in [3.63, 3.8) is 0 Å². The lowest BCUT2D eigenvalue weighted by Gasteiger charge is -2.18. The van der Waals surface area contributed by atoms with Gasteiger partial charge < -0.3 is 5.32 Å². The number of rotatable bonds is 10. The van der Waals surface area contributed by atoms with Crippen molar-refractivity contribution in [2.24, 2.45) is 0 Å². The van der Waals surface area contributed by atoms with Gasteiger partial charge in [0.2, 0.25) is 0 Å². The lowest BCUT2D eigenvalue weighted by molar-refractivity contribution is 0.241. The van der Waals surface area contributed by atoms with Crippen LogP contribution in [0.4, 0.5) is 4.79 Å². The van der Waals surface area contributed by atoms with Crippen LogP contribution >= 0.6 is 11.6 Å². The normalized spacial score (nSPS) is 12.4. The van der Waals surface area contributed by atoms with E-state index in [0.29, 0.717) is 12.8 Å². The van der Waals surface area contributed by atoms with Gasteiger partial charge in [-0.3, -0.25) is 4.57 Å². The van der Waals surface area contributed by atoms with Gasteiger partial charge in [-0.2, -0.15) is 0 Å². The SMILES string of the molecule is CCCCc1cc2ncn(-c3ccc(CC(CC)NC(=O)NS(=O)(=O)c4ccc(C)cc4)cc3)c2cc1Cl. The zero-order chi connectivity index (χ0) is 27.3. The van der Waals surface area contributed by atoms with E-state index in [0.717, 1.165) is 57.7 Å². The number of benzene rings is 3. The zero-order valence-corrected chi connectivity index (χ0v) is 23.4. The Labute approximate surface area is 229 Å². The minimum atomic E-state index is -3.94. The highest BCUT2D eigenvalue weighted by Crippen LogP contribution is 2.27. The molecule has 38 heavy (non-hydrogen) atoms. The molecule has 200 valence electrons. The number of carbonyl (C=O) groups is 1. The molecule has 0 aliphatic carbocycles. The fourth-order valence-electron chi connectivity index (χ4n) is 4.33. The monoisotopic (exact) mass is 552 g/mol. The molecule has 4 rings (SSSR count). The van der Waals surface area contributed by atoms with Gasteiger partial charge in [-0.1, -0.05) is 61.7 Å². The van der Waals surface area contributed by atoms with Gasteiger partial charge in [-0.15, -0.1) is 0 Å². The maximum Gasteiger partial charge on any atom is 0.328 e. The first-order chi connectivity index (χ1) is 18.2. The number of halogens is 1. The van der Waals surface area contributed by atoms with Crippen molar-refractivity contribution in [2.45, 2.75) is 63.8 Å². The zero-order valence-electron chi connectivity index (χ0n) is 21.9. The Morgan fingerprint density at radius 2 is 1.76 bits per heavy atom. The van der Waals surface area contributed by atoms with E-state index in [1.54, 1.807) is 18.5 Å². The van der Waals surface area contributed by atoms with Gasteiger partial charge in [0.15, 0.2) is 0 Å². The smallest absolute Gasteiger partial charge is 0.328 e. The topological polar surface area (TPSA) is 93.1 Å². The van der Waals surface area contributed by atoms with Crippen LogP contribution in [0.5, 0.6) is 0 Å². The summed E-state index contributed by atoms with van der Waals surface area (Å²) >= 11 is 6.56. The van der Waals surface area contributed by atoms with Crippen molar-refractivity contribution >= 4 is 38.7 Å². The van der Waals surface area contributed by atoms with Gasteiger partial charge >= 0.3 is 6.03 Å². The highest BCUT2D eigenvalue weighted by Gasteiger charge is 2.19. The van der Waals surface area contributed by atoms with Crippen LogP contribution in [-0.2, 0) is 22.9 Å². The summed E-state index contributed by atoms with van der Waals surface area (Å²) in [4.78, 5) is 17.1. The fraction of sp³-hybridized carbons (Fsp3) is 0.310. The summed E-state index contributed by atoms with van der Waals surface area (Å²) in [6.45, 7) is 5.98. The molecule has 1 unspecified atom stereocenters. The summed E-state index contributed by atoms with van der Waals surface area (Å²) in [6, 6.07) is 17.4. The number of imidazole rings is 1. The van der Waals surface area contributed by atoms with Gasteiger partial charge in [-0.05, 0) is 80.1 Å². The predicted octanol–water partition coefficient (Wildman–Crippen LogP) is 6.34. The van der Waals surface area contributed by atoms with E-state index in [1.165, 1.54) is 12.1 Å². The van der Waals surface area contributed by atoms with Crippen molar-refractivity contribution in [1.82, 2.24) is 19.6 Å². The molecule has 1 aromatic heterocycles. The molecule has 0 aliphatic heterocycles. The van der Waals surface area contributed by atoms with Gasteiger partial charge in [0.1, 0.15) is 6.33 Å². The third-order valence-corrected chi connectivity index (χ3v) is 8.30. The molecule has 0 saturated heterocycles. The third kappa shape index (κ3) is 6.55. The Hall–Kier alpha value is -3.36. The number of urea groups is 1. The molecule has 0 aliphatic rings. The molecule has 0 saturated carbocycles. The molecule has 1 heterocycles. The number of hydrogen-bond acceptors (Lipinski definition) is 4. The Kier molecular flexibility index (Phi) is 8.74. The number of hydrogen-bond donors (Lipinski definition) is 2. The van der Waals surface area contributed by atoms with E-state index in [9.17, 15) is 13.2 Å². The molecule has 2 amide bonds. The van der Waals surface area contributed by atoms with Crippen LogP contribution in [0.2, 0.25) is 5.02 Å². The second kappa shape index (κ2) is 12.0. The third-order valence-electron chi connectivity index (χ3n) is 6.60. The first-order valence-electron chi connectivity index (χ1n) is 12.8. The largest absolute Gasteiger partial charge is 0.334 e. The highest BCUT2D eigenvalue weighted by atomic mass is 35.5. The number of sulfonamides is 1. The summed E-state index contributed by atoms with van der Waals surface area (Å²) < 4.78 is 29.2. The molecule has 0 bridgehead atoms. The number of aryl methyl sites for hydroxylation is 2. The molecule has 7 nitrogen and oxygen atoms in total. The van der Waals surface area contributed by atoms with Crippen LogP contribution in [0.15, 0.2) is 71.9 Å². The summed E-state index contributed by atoms with van der Waals surface area (Å²) in [6.07, 6.45) is 6.15. The second-order valence-corrected chi connectivity index (χ2v) is 11.6. The van der Waals surface area contributed by atoms with Crippen molar-refractivity contribution in [1.29, 1.82) is 0 Å². The number of amides is 2. The molecular weight excluding hydrogens is 520 g/mol. The standard InChI is InChI=1S/C29H33ClN4O3S/c1-4-6-7-22-17-27-28(18-26(22)30)34(19-31-27)24-12-10-21(11-13-24)16-23(5-2)32-29(35)33-38(36,37)25-14-8-20(3)9-15-25/h8-15,17-19,23H,4-7,16H2,1-3H3,(H2,32,33,35). The summed E-state index contributed by atoms with van der Waals surface area (Å²) in [5.41, 5.74) is 5.89. The quantitative estimate of drug-likeness (QED) is 0.240. The van der Waals surface area contributed by atoms with Crippen molar-refractivity contribution in [2.75, 3.05) is 0 Å². The van der Waals surface area contributed by atoms with E-state index in [4.69, 9.17) is 11.6 Å². The molecule has 0 spiro atoms. The van der Waals surface area contributed by atoms with Crippen LogP contribution < -0.4 is 10.0 Å². The highest BCUT2D eigenvalue weighted by molar-refractivity contribution is 7.90. The molecular formula is C29H33ClN4O3S. The number of fused-ring (bicyclic) bond motifs is 1. The van der Waals surface area contributed by atoms with Gasteiger partial charge in [0, 0.05) is 16.8 Å². The van der Waals surface area contributed by atoms with Crippen molar-refractivity contribution < 1.29 is 13.2 Å². The van der Waals surface area contributed by atoms with E-state index in [2.05, 4.69) is 28.0 Å². The number of unbranched alkanes of at least 4 members (excludes halogenated alkanes) is 1. The minimum Gasteiger partial charge on any atom is -0.334 e. The summed E-state index contributed by atoms with van der Waals surface area (Å²) in [7, 11) is -3.94. The van der Waals surface area contributed by atoms with E-state index < -0.39 is 16.1 Å². The van der Waals surface area contributed by atoms with E-state index >= 15 is 0 Å². The molecule has 1 atom stereocenters. The lowest BCUT2D eigenvalue weighted by atomic mass is 10.0.